The fourth-order valence-electron chi connectivity index (χ4n) is 4.40. The summed E-state index contributed by atoms with van der Waals surface area (Å²) in [4.78, 5) is 19.5. The summed E-state index contributed by atoms with van der Waals surface area (Å²) in [6.45, 7) is 10.3. The number of halogens is 1. The number of anilines is 1. The molecular formula is C31H36FN3O3. The van der Waals surface area contributed by atoms with Gasteiger partial charge in [0.15, 0.2) is 5.82 Å². The molecule has 1 aliphatic carbocycles. The van der Waals surface area contributed by atoms with E-state index in [0.717, 1.165) is 54.1 Å². The summed E-state index contributed by atoms with van der Waals surface area (Å²) in [5.41, 5.74) is 2.77. The molecule has 1 atom stereocenters. The average Bonchev–Trinajstić information content (AvgIpc) is 3.67. The van der Waals surface area contributed by atoms with Crippen LogP contribution in [0.3, 0.4) is 0 Å². The molecule has 0 aliphatic heterocycles. The van der Waals surface area contributed by atoms with Crippen LogP contribution in [-0.4, -0.2) is 29.2 Å². The van der Waals surface area contributed by atoms with E-state index in [1.807, 2.05) is 61.5 Å². The molecule has 1 aliphatic rings. The van der Waals surface area contributed by atoms with Crippen molar-refractivity contribution in [3.8, 4) is 16.9 Å². The van der Waals surface area contributed by atoms with E-state index in [1.165, 1.54) is 0 Å². The summed E-state index contributed by atoms with van der Waals surface area (Å²) in [5, 5.41) is 4.09. The van der Waals surface area contributed by atoms with Gasteiger partial charge in [-0.15, -0.1) is 6.58 Å². The summed E-state index contributed by atoms with van der Waals surface area (Å²) in [6.07, 6.45) is 6.54. The molecule has 0 radical (unpaired) electrons. The van der Waals surface area contributed by atoms with Crippen molar-refractivity contribution < 1.29 is 18.4 Å². The van der Waals surface area contributed by atoms with E-state index in [0.29, 0.717) is 31.4 Å². The number of aromatic nitrogens is 2. The molecule has 0 spiro atoms. The van der Waals surface area contributed by atoms with Crippen LogP contribution in [0.25, 0.3) is 11.1 Å². The zero-order chi connectivity index (χ0) is 26.9. The van der Waals surface area contributed by atoms with Crippen LogP contribution < -0.4 is 9.64 Å². The number of carbonyl (C=O) groups excluding carboxylic acids is 1. The minimum Gasteiger partial charge on any atom is -0.494 e. The first-order valence-electron chi connectivity index (χ1n) is 13.4. The predicted molar refractivity (Wildman–Crippen MR) is 148 cm³/mol. The molecule has 200 valence electrons. The molecule has 0 saturated heterocycles. The molecular weight excluding hydrogens is 481 g/mol. The number of hydrogen-bond acceptors (Lipinski definition) is 5. The fourth-order valence-corrected chi connectivity index (χ4v) is 4.40. The maximum atomic E-state index is 13.4. The molecule has 1 unspecified atom stereocenters. The molecule has 2 aromatic carbocycles. The van der Waals surface area contributed by atoms with Gasteiger partial charge in [0.2, 0.25) is 11.8 Å². The van der Waals surface area contributed by atoms with Gasteiger partial charge >= 0.3 is 0 Å². The predicted octanol–water partition coefficient (Wildman–Crippen LogP) is 7.43. The van der Waals surface area contributed by atoms with E-state index in [1.54, 1.807) is 4.90 Å². The quantitative estimate of drug-likeness (QED) is 0.196. The van der Waals surface area contributed by atoms with Crippen LogP contribution in [0.15, 0.2) is 78.1 Å². The van der Waals surface area contributed by atoms with Crippen molar-refractivity contribution in [3.63, 3.8) is 0 Å². The molecule has 3 aromatic rings. The minimum absolute atomic E-state index is 0.00710. The standard InChI is InChI=1S/C31H36FN3O3/c1-4-23(8-6-11-29-33-31(34-38-29)25-13-14-25)21-35(30(36)19-12-22(3)32)27-10-7-9-26(20-27)24-15-17-28(18-16-24)37-5-2/h4,7,9-10,15-18,20,23,25H,1,3,5-6,8,11-14,19,21H2,2H3. The van der Waals surface area contributed by atoms with E-state index in [4.69, 9.17) is 9.26 Å². The van der Waals surface area contributed by atoms with E-state index in [2.05, 4.69) is 23.3 Å². The minimum atomic E-state index is -0.494. The molecule has 1 saturated carbocycles. The van der Waals surface area contributed by atoms with Crippen LogP contribution in [-0.2, 0) is 11.2 Å². The number of nitrogens with zero attached hydrogens (tertiary/aromatic N) is 3. The summed E-state index contributed by atoms with van der Waals surface area (Å²) >= 11 is 0. The van der Waals surface area contributed by atoms with Gasteiger partial charge in [0.1, 0.15) is 5.75 Å². The first kappa shape index (κ1) is 27.3. The first-order chi connectivity index (χ1) is 18.5. The van der Waals surface area contributed by atoms with E-state index in [-0.39, 0.29) is 24.7 Å². The Bertz CT molecular complexity index is 1230. The van der Waals surface area contributed by atoms with Crippen molar-refractivity contribution >= 4 is 11.6 Å². The average molecular weight is 518 g/mol. The van der Waals surface area contributed by atoms with E-state index < -0.39 is 5.83 Å². The number of benzene rings is 2. The number of allylic oxidation sites excluding steroid dienone is 1. The first-order valence-corrected chi connectivity index (χ1v) is 13.4. The van der Waals surface area contributed by atoms with Crippen LogP contribution >= 0.6 is 0 Å². The van der Waals surface area contributed by atoms with Gasteiger partial charge in [0.05, 0.1) is 12.4 Å². The lowest BCUT2D eigenvalue weighted by atomic mass is 9.99. The molecule has 1 amide bonds. The Balaban J connectivity index is 1.46. The van der Waals surface area contributed by atoms with Crippen molar-refractivity contribution in [1.82, 2.24) is 10.1 Å². The Morgan fingerprint density at radius 2 is 2.00 bits per heavy atom. The normalized spacial score (nSPS) is 13.6. The van der Waals surface area contributed by atoms with E-state index >= 15 is 0 Å². The molecule has 38 heavy (non-hydrogen) atoms. The van der Waals surface area contributed by atoms with Gasteiger partial charge in [-0.05, 0) is 73.9 Å². The van der Waals surface area contributed by atoms with Crippen LogP contribution in [0.4, 0.5) is 10.1 Å². The van der Waals surface area contributed by atoms with Gasteiger partial charge < -0.3 is 14.2 Å². The van der Waals surface area contributed by atoms with Gasteiger partial charge in [-0.25, -0.2) is 4.39 Å². The zero-order valence-electron chi connectivity index (χ0n) is 22.1. The van der Waals surface area contributed by atoms with Crippen LogP contribution in [0.1, 0.15) is 63.1 Å². The molecule has 0 N–H and O–H groups in total. The second-order valence-electron chi connectivity index (χ2n) is 9.74. The number of amides is 1. The van der Waals surface area contributed by atoms with Crippen molar-refractivity contribution in [2.75, 3.05) is 18.1 Å². The van der Waals surface area contributed by atoms with Crippen molar-refractivity contribution in [2.24, 2.45) is 5.92 Å². The number of hydrogen-bond donors (Lipinski definition) is 0. The highest BCUT2D eigenvalue weighted by Crippen LogP contribution is 2.38. The lowest BCUT2D eigenvalue weighted by Gasteiger charge is -2.27. The summed E-state index contributed by atoms with van der Waals surface area (Å²) in [6, 6.07) is 15.7. The van der Waals surface area contributed by atoms with Crippen LogP contribution in [0, 0.1) is 5.92 Å². The highest BCUT2D eigenvalue weighted by atomic mass is 19.1. The SMILES string of the molecule is C=CC(CCCc1nc(C2CC2)no1)CN(C(=O)CCC(=C)F)c1cccc(-c2ccc(OCC)cc2)c1. The fraction of sp³-hybridized carbons (Fsp3) is 0.387. The van der Waals surface area contributed by atoms with Gasteiger partial charge in [0, 0.05) is 37.4 Å². The maximum absolute atomic E-state index is 13.4. The molecule has 1 heterocycles. The Hall–Kier alpha value is -3.74. The molecule has 0 bridgehead atoms. The molecule has 1 aromatic heterocycles. The Morgan fingerprint density at radius 3 is 2.68 bits per heavy atom. The lowest BCUT2D eigenvalue weighted by molar-refractivity contribution is -0.118. The number of ether oxygens (including phenoxy) is 1. The number of aryl methyl sites for hydroxylation is 1. The van der Waals surface area contributed by atoms with E-state index in [9.17, 15) is 9.18 Å². The Kier molecular flexibility index (Phi) is 9.46. The largest absolute Gasteiger partial charge is 0.494 e. The highest BCUT2D eigenvalue weighted by molar-refractivity contribution is 5.94. The van der Waals surface area contributed by atoms with Gasteiger partial charge in [-0.1, -0.05) is 42.1 Å². The topological polar surface area (TPSA) is 68.5 Å². The third-order valence-corrected chi connectivity index (χ3v) is 6.71. The summed E-state index contributed by atoms with van der Waals surface area (Å²) in [7, 11) is 0. The van der Waals surface area contributed by atoms with Gasteiger partial charge in [-0.2, -0.15) is 4.98 Å². The molecule has 7 heteroatoms. The Morgan fingerprint density at radius 1 is 1.21 bits per heavy atom. The smallest absolute Gasteiger partial charge is 0.227 e. The maximum Gasteiger partial charge on any atom is 0.227 e. The monoisotopic (exact) mass is 517 g/mol. The molecule has 4 rings (SSSR count). The van der Waals surface area contributed by atoms with Crippen LogP contribution in [0.2, 0.25) is 0 Å². The van der Waals surface area contributed by atoms with Crippen molar-refractivity contribution in [1.29, 1.82) is 0 Å². The highest BCUT2D eigenvalue weighted by Gasteiger charge is 2.28. The second kappa shape index (κ2) is 13.2. The molecule has 6 nitrogen and oxygen atoms in total. The van der Waals surface area contributed by atoms with Crippen LogP contribution in [0.5, 0.6) is 5.75 Å². The van der Waals surface area contributed by atoms with Gasteiger partial charge in [-0.3, -0.25) is 4.79 Å². The molecule has 1 fully saturated rings. The lowest BCUT2D eigenvalue weighted by Crippen LogP contribution is -2.35. The third kappa shape index (κ3) is 7.63. The second-order valence-corrected chi connectivity index (χ2v) is 9.74. The summed E-state index contributed by atoms with van der Waals surface area (Å²) in [5.74, 6) is 2.16. The van der Waals surface area contributed by atoms with Crippen molar-refractivity contribution in [2.45, 2.75) is 57.8 Å². The van der Waals surface area contributed by atoms with Crippen molar-refractivity contribution in [3.05, 3.63) is 85.3 Å². The van der Waals surface area contributed by atoms with Gasteiger partial charge in [0.25, 0.3) is 0 Å². The zero-order valence-corrected chi connectivity index (χ0v) is 22.1. The number of rotatable bonds is 15. The summed E-state index contributed by atoms with van der Waals surface area (Å²) < 4.78 is 24.4. The Labute approximate surface area is 224 Å². The third-order valence-electron chi connectivity index (χ3n) is 6.71. The number of carbonyl (C=O) groups is 1.